The maximum Gasteiger partial charge on any atom is 0.411 e. The van der Waals surface area contributed by atoms with Crippen LogP contribution in [-0.2, 0) is 15.1 Å². The van der Waals surface area contributed by atoms with Crippen LogP contribution in [0, 0.1) is 0 Å². The number of hydrogen-bond acceptors (Lipinski definition) is 6. The number of anilines is 1. The predicted octanol–water partition coefficient (Wildman–Crippen LogP) is 7.32. The number of hydrogen-bond donors (Lipinski definition) is 2. The van der Waals surface area contributed by atoms with Crippen LogP contribution in [-0.4, -0.2) is 23.8 Å². The van der Waals surface area contributed by atoms with Crippen LogP contribution in [0.2, 0.25) is 0 Å². The monoisotopic (exact) mass is 553 g/mol. The number of fused-ring (bicyclic) bond motifs is 9. The fourth-order valence-corrected chi connectivity index (χ4v) is 6.49. The maximum absolute atomic E-state index is 13.0. The number of amides is 1. The summed E-state index contributed by atoms with van der Waals surface area (Å²) >= 11 is 0. The molecule has 0 fully saturated rings. The third-order valence-corrected chi connectivity index (χ3v) is 8.29. The second-order valence-corrected chi connectivity index (χ2v) is 10.6. The van der Waals surface area contributed by atoms with Crippen LogP contribution in [0.15, 0.2) is 109 Å². The van der Waals surface area contributed by atoms with Crippen molar-refractivity contribution in [2.45, 2.75) is 11.5 Å². The molecule has 42 heavy (non-hydrogen) atoms. The van der Waals surface area contributed by atoms with E-state index in [-0.39, 0.29) is 18.3 Å². The van der Waals surface area contributed by atoms with Crippen molar-refractivity contribution in [3.8, 4) is 28.4 Å². The molecule has 2 heterocycles. The van der Waals surface area contributed by atoms with E-state index in [1.807, 2.05) is 36.4 Å². The van der Waals surface area contributed by atoms with E-state index in [0.717, 1.165) is 22.3 Å². The number of esters is 1. The first-order valence-corrected chi connectivity index (χ1v) is 13.6. The lowest BCUT2D eigenvalue weighted by atomic mass is 9.77. The van der Waals surface area contributed by atoms with Crippen molar-refractivity contribution >= 4 is 17.7 Å². The molecule has 0 radical (unpaired) electrons. The van der Waals surface area contributed by atoms with Gasteiger partial charge in [0.1, 0.15) is 23.9 Å². The van der Waals surface area contributed by atoms with Crippen LogP contribution in [0.3, 0.4) is 0 Å². The normalized spacial score (nSPS) is 17.3. The molecular weight excluding hydrogens is 530 g/mol. The summed E-state index contributed by atoms with van der Waals surface area (Å²) in [6.07, 6.45) is -0.599. The Hall–Kier alpha value is -5.56. The Morgan fingerprint density at radius 3 is 2.12 bits per heavy atom. The van der Waals surface area contributed by atoms with Gasteiger partial charge in [-0.05, 0) is 52.6 Å². The number of benzene rings is 5. The zero-order valence-corrected chi connectivity index (χ0v) is 22.2. The standard InChI is InChI=1S/C35H23NO6/c37-21-14-16-30-32(18-21)41-31-17-20(13-15-29(31)35(30)28-12-6-5-11-26(28)33(38)42-35)36-34(39)40-19-27-24-9-3-1-7-22(24)23-8-2-4-10-25(23)27/h1-18,27,37H,19H2,(H,36,39). The molecule has 7 nitrogen and oxygen atoms in total. The molecule has 0 bridgehead atoms. The van der Waals surface area contributed by atoms with Gasteiger partial charge in [-0.1, -0.05) is 66.7 Å². The molecule has 0 aromatic heterocycles. The van der Waals surface area contributed by atoms with Crippen molar-refractivity contribution in [1.82, 2.24) is 0 Å². The molecule has 0 saturated carbocycles. The van der Waals surface area contributed by atoms with E-state index < -0.39 is 17.7 Å². The number of phenolic OH excluding ortho intramolecular Hbond substituents is 1. The number of phenols is 1. The molecule has 8 rings (SSSR count). The summed E-state index contributed by atoms with van der Waals surface area (Å²) in [5.74, 6) is 0.242. The molecule has 2 aliphatic heterocycles. The third-order valence-electron chi connectivity index (χ3n) is 8.29. The van der Waals surface area contributed by atoms with E-state index in [2.05, 4.69) is 29.6 Å². The molecule has 1 aliphatic carbocycles. The van der Waals surface area contributed by atoms with Gasteiger partial charge >= 0.3 is 12.1 Å². The average Bonchev–Trinajstić information content (AvgIpc) is 3.48. The van der Waals surface area contributed by atoms with Gasteiger partial charge in [-0.25, -0.2) is 9.59 Å². The Kier molecular flexibility index (Phi) is 5.18. The van der Waals surface area contributed by atoms with Crippen molar-refractivity contribution in [2.75, 3.05) is 11.9 Å². The van der Waals surface area contributed by atoms with E-state index in [1.165, 1.54) is 12.1 Å². The Morgan fingerprint density at radius 1 is 0.762 bits per heavy atom. The Morgan fingerprint density at radius 2 is 1.38 bits per heavy atom. The van der Waals surface area contributed by atoms with Crippen molar-refractivity contribution in [2.24, 2.45) is 0 Å². The predicted molar refractivity (Wildman–Crippen MR) is 155 cm³/mol. The lowest BCUT2D eigenvalue weighted by Crippen LogP contribution is -2.33. The number of rotatable bonds is 3. The molecule has 0 saturated heterocycles. The van der Waals surface area contributed by atoms with E-state index in [0.29, 0.717) is 39.4 Å². The minimum Gasteiger partial charge on any atom is -0.508 e. The molecule has 1 amide bonds. The SMILES string of the molecule is O=C(Nc1ccc2c(c1)Oc1cc(O)ccc1C21OC(=O)c2ccccc21)OCC1c2ccccc2-c2ccccc21. The minimum atomic E-state index is -1.26. The molecular formula is C35H23NO6. The van der Waals surface area contributed by atoms with Gasteiger partial charge in [0.15, 0.2) is 5.60 Å². The lowest BCUT2D eigenvalue weighted by molar-refractivity contribution is 0.0224. The highest BCUT2D eigenvalue weighted by Crippen LogP contribution is 2.56. The van der Waals surface area contributed by atoms with Gasteiger partial charge < -0.3 is 19.3 Å². The van der Waals surface area contributed by atoms with Gasteiger partial charge in [0, 0.05) is 40.4 Å². The first-order valence-electron chi connectivity index (χ1n) is 13.6. The molecule has 5 aromatic rings. The second kappa shape index (κ2) is 8.97. The second-order valence-electron chi connectivity index (χ2n) is 10.6. The molecule has 7 heteroatoms. The van der Waals surface area contributed by atoms with Crippen molar-refractivity contribution in [1.29, 1.82) is 0 Å². The van der Waals surface area contributed by atoms with Crippen LogP contribution >= 0.6 is 0 Å². The van der Waals surface area contributed by atoms with E-state index in [9.17, 15) is 14.7 Å². The highest BCUT2D eigenvalue weighted by molar-refractivity contribution is 5.97. The van der Waals surface area contributed by atoms with Crippen molar-refractivity contribution < 1.29 is 28.9 Å². The fourth-order valence-electron chi connectivity index (χ4n) is 6.49. The topological polar surface area (TPSA) is 94.1 Å². The maximum atomic E-state index is 13.0. The smallest absolute Gasteiger partial charge is 0.411 e. The van der Waals surface area contributed by atoms with Crippen LogP contribution in [0.25, 0.3) is 11.1 Å². The Balaban J connectivity index is 1.09. The summed E-state index contributed by atoms with van der Waals surface area (Å²) in [6.45, 7) is 0.184. The highest BCUT2D eigenvalue weighted by atomic mass is 16.6. The quantitative estimate of drug-likeness (QED) is 0.227. The summed E-state index contributed by atoms with van der Waals surface area (Å²) in [7, 11) is 0. The highest BCUT2D eigenvalue weighted by Gasteiger charge is 2.53. The molecule has 5 aromatic carbocycles. The Labute approximate surface area is 240 Å². The van der Waals surface area contributed by atoms with Gasteiger partial charge in [0.05, 0.1) is 5.56 Å². The lowest BCUT2D eigenvalue weighted by Gasteiger charge is -2.36. The van der Waals surface area contributed by atoms with Crippen LogP contribution in [0.4, 0.5) is 10.5 Å². The summed E-state index contributed by atoms with van der Waals surface area (Å²) in [4.78, 5) is 26.0. The van der Waals surface area contributed by atoms with Gasteiger partial charge in [-0.2, -0.15) is 0 Å². The minimum absolute atomic E-state index is 0.0119. The van der Waals surface area contributed by atoms with Crippen molar-refractivity contribution in [3.63, 3.8) is 0 Å². The van der Waals surface area contributed by atoms with Gasteiger partial charge in [-0.3, -0.25) is 5.32 Å². The summed E-state index contributed by atoms with van der Waals surface area (Å²) in [5.41, 5.74) is 6.12. The molecule has 1 spiro atoms. The summed E-state index contributed by atoms with van der Waals surface area (Å²) in [5, 5.41) is 13.0. The van der Waals surface area contributed by atoms with Crippen molar-refractivity contribution in [3.05, 3.63) is 143 Å². The van der Waals surface area contributed by atoms with E-state index >= 15 is 0 Å². The van der Waals surface area contributed by atoms with Crippen LogP contribution < -0.4 is 10.1 Å². The molecule has 1 unspecified atom stereocenters. The number of nitrogens with one attached hydrogen (secondary N) is 1. The fraction of sp³-hybridized carbons (Fsp3) is 0.0857. The van der Waals surface area contributed by atoms with Gasteiger partial charge in [-0.15, -0.1) is 0 Å². The number of aromatic hydroxyl groups is 1. The zero-order chi connectivity index (χ0) is 28.4. The zero-order valence-electron chi connectivity index (χ0n) is 22.2. The third kappa shape index (κ3) is 3.46. The first kappa shape index (κ1) is 24.3. The van der Waals surface area contributed by atoms with Crippen LogP contribution in [0.1, 0.15) is 44.1 Å². The van der Waals surface area contributed by atoms with Gasteiger partial charge in [0.2, 0.25) is 0 Å². The molecule has 1 atom stereocenters. The number of ether oxygens (including phenoxy) is 3. The average molecular weight is 554 g/mol. The van der Waals surface area contributed by atoms with Crippen LogP contribution in [0.5, 0.6) is 17.2 Å². The van der Waals surface area contributed by atoms with E-state index in [4.69, 9.17) is 14.2 Å². The number of carbonyl (C=O) groups excluding carboxylic acids is 2. The Bertz CT molecular complexity index is 1900. The molecule has 2 N–H and O–H groups in total. The number of carbonyl (C=O) groups is 2. The van der Waals surface area contributed by atoms with E-state index in [1.54, 1.807) is 36.4 Å². The van der Waals surface area contributed by atoms with Gasteiger partial charge in [0.25, 0.3) is 0 Å². The summed E-state index contributed by atoms with van der Waals surface area (Å²) < 4.78 is 18.0. The largest absolute Gasteiger partial charge is 0.508 e. The first-order chi connectivity index (χ1) is 20.5. The molecule has 204 valence electrons. The molecule has 3 aliphatic rings. The summed E-state index contributed by atoms with van der Waals surface area (Å²) in [6, 6.07) is 33.5.